The van der Waals surface area contributed by atoms with Crippen molar-refractivity contribution in [3.8, 4) is 0 Å². The van der Waals surface area contributed by atoms with Crippen molar-refractivity contribution in [2.75, 3.05) is 5.88 Å². The highest BCUT2D eigenvalue weighted by atomic mass is 35.5. The summed E-state index contributed by atoms with van der Waals surface area (Å²) in [7, 11) is 0. The Bertz CT molecular complexity index is 191. The van der Waals surface area contributed by atoms with Crippen LogP contribution >= 0.6 is 11.6 Å². The number of imidazole rings is 1. The number of nitrogens with one attached hydrogen (secondary N) is 1. The molecule has 0 unspecified atom stereocenters. The van der Waals surface area contributed by atoms with Crippen LogP contribution in [-0.2, 0) is 0 Å². The number of aromatic nitrogens is 2. The minimum absolute atomic E-state index is 0.664. The molecule has 0 aliphatic rings. The molecule has 1 aromatic heterocycles. The van der Waals surface area contributed by atoms with Gasteiger partial charge in [-0.1, -0.05) is 6.08 Å². The molecule has 0 amide bonds. The van der Waals surface area contributed by atoms with Gasteiger partial charge in [0.05, 0.1) is 0 Å². The van der Waals surface area contributed by atoms with E-state index < -0.39 is 0 Å². The second-order valence-electron chi connectivity index (χ2n) is 1.85. The average molecular weight is 157 g/mol. The largest absolute Gasteiger partial charge is 0.345 e. The molecule has 0 aliphatic carbocycles. The average Bonchev–Trinajstić information content (AvgIpc) is 2.41. The fraction of sp³-hybridized carbons (Fsp3) is 0.286. The van der Waals surface area contributed by atoms with Crippen molar-refractivity contribution in [1.82, 2.24) is 9.97 Å². The topological polar surface area (TPSA) is 28.7 Å². The molecule has 1 N–H and O–H groups in total. The van der Waals surface area contributed by atoms with E-state index in [0.717, 1.165) is 12.2 Å². The standard InChI is InChI=1S/C7H9ClN2/c8-4-2-1-3-7-9-5-6-10-7/h1,3,5-6H,2,4H2,(H,9,10). The fourth-order valence-corrected chi connectivity index (χ4v) is 0.753. The van der Waals surface area contributed by atoms with E-state index >= 15 is 0 Å². The van der Waals surface area contributed by atoms with Crippen LogP contribution in [0.2, 0.25) is 0 Å². The molecule has 10 heavy (non-hydrogen) atoms. The van der Waals surface area contributed by atoms with E-state index in [9.17, 15) is 0 Å². The smallest absolute Gasteiger partial charge is 0.129 e. The van der Waals surface area contributed by atoms with Gasteiger partial charge >= 0.3 is 0 Å². The monoisotopic (exact) mass is 156 g/mol. The third kappa shape index (κ3) is 2.23. The maximum absolute atomic E-state index is 5.46. The summed E-state index contributed by atoms with van der Waals surface area (Å²) < 4.78 is 0. The van der Waals surface area contributed by atoms with Crippen molar-refractivity contribution < 1.29 is 0 Å². The molecule has 1 aromatic rings. The van der Waals surface area contributed by atoms with Crippen LogP contribution < -0.4 is 0 Å². The maximum atomic E-state index is 5.46. The molecule has 0 atom stereocenters. The molecule has 0 saturated carbocycles. The lowest BCUT2D eigenvalue weighted by Gasteiger charge is -1.82. The summed E-state index contributed by atoms with van der Waals surface area (Å²) in [6, 6.07) is 0. The lowest BCUT2D eigenvalue weighted by Crippen LogP contribution is -1.73. The normalized spacial score (nSPS) is 10.9. The van der Waals surface area contributed by atoms with Gasteiger partial charge in [0, 0.05) is 18.3 Å². The summed E-state index contributed by atoms with van der Waals surface area (Å²) in [6.07, 6.45) is 8.32. The van der Waals surface area contributed by atoms with Crippen molar-refractivity contribution in [2.45, 2.75) is 6.42 Å². The zero-order valence-corrected chi connectivity index (χ0v) is 6.30. The van der Waals surface area contributed by atoms with Crippen molar-refractivity contribution in [2.24, 2.45) is 0 Å². The van der Waals surface area contributed by atoms with E-state index in [0.29, 0.717) is 5.88 Å². The molecule has 0 saturated heterocycles. The number of rotatable bonds is 3. The maximum Gasteiger partial charge on any atom is 0.129 e. The molecular formula is C7H9ClN2. The Labute approximate surface area is 64.9 Å². The van der Waals surface area contributed by atoms with Crippen LogP contribution in [-0.4, -0.2) is 15.8 Å². The van der Waals surface area contributed by atoms with Gasteiger partial charge in [-0.05, 0) is 12.5 Å². The summed E-state index contributed by atoms with van der Waals surface area (Å²) >= 11 is 5.46. The SMILES string of the molecule is ClCCC=Cc1ncc[nH]1. The molecule has 1 heterocycles. The predicted molar refractivity (Wildman–Crippen MR) is 43.0 cm³/mol. The van der Waals surface area contributed by atoms with Gasteiger partial charge in [-0.25, -0.2) is 4.98 Å². The second-order valence-corrected chi connectivity index (χ2v) is 2.23. The summed E-state index contributed by atoms with van der Waals surface area (Å²) in [5, 5.41) is 0. The summed E-state index contributed by atoms with van der Waals surface area (Å²) in [5.41, 5.74) is 0. The highest BCUT2D eigenvalue weighted by Crippen LogP contribution is 1.94. The molecule has 1 rings (SSSR count). The first kappa shape index (κ1) is 7.35. The van der Waals surface area contributed by atoms with Crippen LogP contribution in [0.1, 0.15) is 12.2 Å². The number of alkyl halides is 1. The minimum Gasteiger partial charge on any atom is -0.345 e. The Morgan fingerprint density at radius 3 is 3.20 bits per heavy atom. The van der Waals surface area contributed by atoms with Gasteiger partial charge in [0.25, 0.3) is 0 Å². The van der Waals surface area contributed by atoms with Gasteiger partial charge in [-0.15, -0.1) is 11.6 Å². The predicted octanol–water partition coefficient (Wildman–Crippen LogP) is 2.05. The Hall–Kier alpha value is -0.760. The van der Waals surface area contributed by atoms with Gasteiger partial charge in [-0.3, -0.25) is 0 Å². The summed E-state index contributed by atoms with van der Waals surface area (Å²) in [5.74, 6) is 1.54. The zero-order valence-electron chi connectivity index (χ0n) is 5.55. The number of hydrogen-bond donors (Lipinski definition) is 1. The first-order valence-corrected chi connectivity index (χ1v) is 3.69. The van der Waals surface area contributed by atoms with E-state index in [1.165, 1.54) is 0 Å². The Balaban J connectivity index is 2.40. The van der Waals surface area contributed by atoms with Gasteiger partial charge < -0.3 is 4.98 Å². The minimum atomic E-state index is 0.664. The zero-order chi connectivity index (χ0) is 7.23. The van der Waals surface area contributed by atoms with Crippen molar-refractivity contribution in [3.63, 3.8) is 0 Å². The Kier molecular flexibility index (Phi) is 3.03. The van der Waals surface area contributed by atoms with Crippen LogP contribution in [0.25, 0.3) is 6.08 Å². The summed E-state index contributed by atoms with van der Waals surface area (Å²) in [4.78, 5) is 6.96. The highest BCUT2D eigenvalue weighted by Gasteiger charge is 1.83. The summed E-state index contributed by atoms with van der Waals surface area (Å²) in [6.45, 7) is 0. The molecule has 54 valence electrons. The van der Waals surface area contributed by atoms with E-state index in [1.54, 1.807) is 12.4 Å². The van der Waals surface area contributed by atoms with Crippen LogP contribution in [0.15, 0.2) is 18.5 Å². The fourth-order valence-electron chi connectivity index (χ4n) is 0.627. The molecule has 0 radical (unpaired) electrons. The molecule has 2 nitrogen and oxygen atoms in total. The molecular weight excluding hydrogens is 148 g/mol. The number of H-pyrrole nitrogens is 1. The van der Waals surface area contributed by atoms with Crippen LogP contribution in [0.3, 0.4) is 0 Å². The first-order valence-electron chi connectivity index (χ1n) is 3.15. The highest BCUT2D eigenvalue weighted by molar-refractivity contribution is 6.17. The van der Waals surface area contributed by atoms with Gasteiger partial charge in [0.1, 0.15) is 5.82 Å². The number of aromatic amines is 1. The van der Waals surface area contributed by atoms with Crippen molar-refractivity contribution >= 4 is 17.7 Å². The van der Waals surface area contributed by atoms with Crippen LogP contribution in [0.5, 0.6) is 0 Å². The van der Waals surface area contributed by atoms with Crippen LogP contribution in [0.4, 0.5) is 0 Å². The van der Waals surface area contributed by atoms with Gasteiger partial charge in [0.15, 0.2) is 0 Å². The lowest BCUT2D eigenvalue weighted by molar-refractivity contribution is 1.22. The van der Waals surface area contributed by atoms with E-state index in [2.05, 4.69) is 9.97 Å². The molecule has 0 aromatic carbocycles. The van der Waals surface area contributed by atoms with Crippen molar-refractivity contribution in [1.29, 1.82) is 0 Å². The van der Waals surface area contributed by atoms with Crippen molar-refractivity contribution in [3.05, 3.63) is 24.3 Å². The van der Waals surface area contributed by atoms with E-state index in [4.69, 9.17) is 11.6 Å². The third-order valence-electron chi connectivity index (χ3n) is 1.07. The first-order chi connectivity index (χ1) is 4.93. The number of halogens is 1. The third-order valence-corrected chi connectivity index (χ3v) is 1.29. The van der Waals surface area contributed by atoms with Gasteiger partial charge in [0.2, 0.25) is 0 Å². The number of allylic oxidation sites excluding steroid dienone is 1. The molecule has 0 spiro atoms. The molecule has 3 heteroatoms. The lowest BCUT2D eigenvalue weighted by atomic mass is 10.4. The van der Waals surface area contributed by atoms with Gasteiger partial charge in [-0.2, -0.15) is 0 Å². The number of hydrogen-bond acceptors (Lipinski definition) is 1. The van der Waals surface area contributed by atoms with E-state index in [-0.39, 0.29) is 0 Å². The van der Waals surface area contributed by atoms with E-state index in [1.807, 2.05) is 12.2 Å². The quantitative estimate of drug-likeness (QED) is 0.667. The van der Waals surface area contributed by atoms with Crippen LogP contribution in [0, 0.1) is 0 Å². The molecule has 0 fully saturated rings. The number of nitrogens with zero attached hydrogens (tertiary/aromatic N) is 1. The Morgan fingerprint density at radius 1 is 1.70 bits per heavy atom. The Morgan fingerprint density at radius 2 is 2.60 bits per heavy atom. The molecule has 0 aliphatic heterocycles. The second kappa shape index (κ2) is 4.12. The molecule has 0 bridgehead atoms.